The molecule has 1 aliphatic rings. The Morgan fingerprint density at radius 1 is 1.69 bits per heavy atom. The third-order valence-corrected chi connectivity index (χ3v) is 1.84. The van der Waals surface area contributed by atoms with Crippen LogP contribution in [0.15, 0.2) is 0 Å². The zero-order valence-electron chi connectivity index (χ0n) is 7.69. The Morgan fingerprint density at radius 2 is 2.31 bits per heavy atom. The van der Waals surface area contributed by atoms with E-state index >= 15 is 0 Å². The number of hydrogen-bond donors (Lipinski definition) is 2. The molecule has 1 unspecified atom stereocenters. The SMILES string of the molecule is CC1(C)OCC([C@@H](O)CC(=O)O)O1. The topological polar surface area (TPSA) is 76.0 Å². The first kappa shape index (κ1) is 10.4. The van der Waals surface area contributed by atoms with E-state index in [2.05, 4.69) is 0 Å². The van der Waals surface area contributed by atoms with Crippen LogP contribution >= 0.6 is 0 Å². The van der Waals surface area contributed by atoms with Crippen molar-refractivity contribution in [3.63, 3.8) is 0 Å². The van der Waals surface area contributed by atoms with Crippen LogP contribution in [0.1, 0.15) is 20.3 Å². The second-order valence-corrected chi connectivity index (χ2v) is 3.53. The number of hydrogen-bond acceptors (Lipinski definition) is 4. The number of carbonyl (C=O) groups is 1. The number of aliphatic hydroxyl groups is 1. The summed E-state index contributed by atoms with van der Waals surface area (Å²) < 4.78 is 10.5. The molecule has 1 heterocycles. The molecule has 2 atom stereocenters. The maximum atomic E-state index is 10.3. The fourth-order valence-electron chi connectivity index (χ4n) is 1.22. The number of rotatable bonds is 3. The van der Waals surface area contributed by atoms with Gasteiger partial charge in [-0.3, -0.25) is 4.79 Å². The number of aliphatic hydroxyl groups excluding tert-OH is 1. The average Bonchev–Trinajstić information content (AvgIpc) is 2.28. The number of ether oxygens (including phenoxy) is 2. The van der Waals surface area contributed by atoms with Crippen molar-refractivity contribution in [2.45, 2.75) is 38.3 Å². The molecule has 0 spiro atoms. The Labute approximate surface area is 76.3 Å². The van der Waals surface area contributed by atoms with Gasteiger partial charge in [0.1, 0.15) is 6.10 Å². The van der Waals surface area contributed by atoms with E-state index in [1.165, 1.54) is 0 Å². The molecule has 0 bridgehead atoms. The van der Waals surface area contributed by atoms with Gasteiger partial charge in [0.25, 0.3) is 0 Å². The highest BCUT2D eigenvalue weighted by Gasteiger charge is 2.37. The van der Waals surface area contributed by atoms with Gasteiger partial charge in [-0.05, 0) is 13.8 Å². The molecular weight excluding hydrogens is 176 g/mol. The molecule has 0 aromatic heterocycles. The minimum Gasteiger partial charge on any atom is -0.481 e. The molecule has 0 amide bonds. The molecule has 1 fully saturated rings. The Bertz CT molecular complexity index is 201. The zero-order chi connectivity index (χ0) is 10.1. The Kier molecular flexibility index (Phi) is 2.90. The van der Waals surface area contributed by atoms with Gasteiger partial charge < -0.3 is 19.7 Å². The Morgan fingerprint density at radius 3 is 2.69 bits per heavy atom. The van der Waals surface area contributed by atoms with Crippen molar-refractivity contribution in [2.75, 3.05) is 6.61 Å². The highest BCUT2D eigenvalue weighted by atomic mass is 16.7. The van der Waals surface area contributed by atoms with Gasteiger partial charge in [-0.25, -0.2) is 0 Å². The molecular formula is C8H14O5. The third-order valence-electron chi connectivity index (χ3n) is 1.84. The van der Waals surface area contributed by atoms with Crippen molar-refractivity contribution in [1.82, 2.24) is 0 Å². The van der Waals surface area contributed by atoms with Crippen LogP contribution in [0.5, 0.6) is 0 Å². The lowest BCUT2D eigenvalue weighted by Crippen LogP contribution is -2.32. The van der Waals surface area contributed by atoms with E-state index in [-0.39, 0.29) is 13.0 Å². The molecule has 13 heavy (non-hydrogen) atoms. The first-order chi connectivity index (χ1) is 5.91. The van der Waals surface area contributed by atoms with Crippen molar-refractivity contribution in [2.24, 2.45) is 0 Å². The molecule has 76 valence electrons. The zero-order valence-corrected chi connectivity index (χ0v) is 7.69. The molecule has 5 nitrogen and oxygen atoms in total. The minimum absolute atomic E-state index is 0.238. The molecule has 0 radical (unpaired) electrons. The predicted octanol–water partition coefficient (Wildman–Crippen LogP) is -0.0265. The molecule has 0 aliphatic carbocycles. The van der Waals surface area contributed by atoms with Crippen molar-refractivity contribution >= 4 is 5.97 Å². The highest BCUT2D eigenvalue weighted by Crippen LogP contribution is 2.24. The average molecular weight is 190 g/mol. The highest BCUT2D eigenvalue weighted by molar-refractivity contribution is 5.67. The van der Waals surface area contributed by atoms with Gasteiger partial charge in [-0.2, -0.15) is 0 Å². The van der Waals surface area contributed by atoms with Crippen molar-refractivity contribution in [3.8, 4) is 0 Å². The maximum Gasteiger partial charge on any atom is 0.306 e. The quantitative estimate of drug-likeness (QED) is 0.653. The van der Waals surface area contributed by atoms with Gasteiger partial charge in [0, 0.05) is 0 Å². The van der Waals surface area contributed by atoms with Crippen molar-refractivity contribution < 1.29 is 24.5 Å². The van der Waals surface area contributed by atoms with Gasteiger partial charge in [-0.1, -0.05) is 0 Å². The van der Waals surface area contributed by atoms with Gasteiger partial charge >= 0.3 is 5.97 Å². The van der Waals surface area contributed by atoms with Crippen molar-refractivity contribution in [3.05, 3.63) is 0 Å². The lowest BCUT2D eigenvalue weighted by atomic mass is 10.1. The summed E-state index contributed by atoms with van der Waals surface area (Å²) in [5.74, 6) is -1.76. The second kappa shape index (κ2) is 3.61. The Hall–Kier alpha value is -0.650. The standard InChI is InChI=1S/C8H14O5/c1-8(2)12-4-6(13-8)5(9)3-7(10)11/h5-6,9H,3-4H2,1-2H3,(H,10,11)/t5-,6?/m0/s1. The van der Waals surface area contributed by atoms with E-state index in [4.69, 9.17) is 14.6 Å². The first-order valence-electron chi connectivity index (χ1n) is 4.12. The first-order valence-corrected chi connectivity index (χ1v) is 4.12. The van der Waals surface area contributed by atoms with Gasteiger partial charge in [0.2, 0.25) is 0 Å². The summed E-state index contributed by atoms with van der Waals surface area (Å²) in [4.78, 5) is 10.3. The minimum atomic E-state index is -1.04. The van der Waals surface area contributed by atoms with E-state index in [0.717, 1.165) is 0 Å². The largest absolute Gasteiger partial charge is 0.481 e. The molecule has 1 aliphatic heterocycles. The summed E-state index contributed by atoms with van der Waals surface area (Å²) in [6.07, 6.45) is -1.85. The summed E-state index contributed by atoms with van der Waals surface area (Å²) in [6.45, 7) is 3.68. The van der Waals surface area contributed by atoms with E-state index in [0.29, 0.717) is 0 Å². The van der Waals surface area contributed by atoms with E-state index < -0.39 is 24.0 Å². The lowest BCUT2D eigenvalue weighted by Gasteiger charge is -2.19. The van der Waals surface area contributed by atoms with Crippen LogP contribution in [0, 0.1) is 0 Å². The van der Waals surface area contributed by atoms with Crippen molar-refractivity contribution in [1.29, 1.82) is 0 Å². The molecule has 0 aromatic carbocycles. The van der Waals surface area contributed by atoms with Crippen LogP contribution in [-0.4, -0.2) is 40.8 Å². The van der Waals surface area contributed by atoms with Crippen LogP contribution in [0.3, 0.4) is 0 Å². The molecule has 1 saturated heterocycles. The predicted molar refractivity (Wildman–Crippen MR) is 43.2 cm³/mol. The summed E-state index contributed by atoms with van der Waals surface area (Å²) in [5, 5.41) is 17.8. The fourth-order valence-corrected chi connectivity index (χ4v) is 1.22. The van der Waals surface area contributed by atoms with E-state index in [1.807, 2.05) is 0 Å². The van der Waals surface area contributed by atoms with Gasteiger partial charge in [0.05, 0.1) is 19.1 Å². The molecule has 0 aromatic rings. The summed E-state index contributed by atoms with van der Waals surface area (Å²) in [7, 11) is 0. The lowest BCUT2D eigenvalue weighted by molar-refractivity contribution is -0.157. The monoisotopic (exact) mass is 190 g/mol. The summed E-state index contributed by atoms with van der Waals surface area (Å²) in [5.41, 5.74) is 0. The molecule has 2 N–H and O–H groups in total. The summed E-state index contributed by atoms with van der Waals surface area (Å²) >= 11 is 0. The molecule has 5 heteroatoms. The van der Waals surface area contributed by atoms with Crippen LogP contribution < -0.4 is 0 Å². The number of aliphatic carboxylic acids is 1. The third kappa shape index (κ3) is 2.95. The summed E-state index contributed by atoms with van der Waals surface area (Å²) in [6, 6.07) is 0. The van der Waals surface area contributed by atoms with Crippen LogP contribution in [0.4, 0.5) is 0 Å². The van der Waals surface area contributed by atoms with Gasteiger partial charge in [0.15, 0.2) is 5.79 Å². The number of carboxylic acids is 1. The van der Waals surface area contributed by atoms with Crippen LogP contribution in [0.2, 0.25) is 0 Å². The maximum absolute atomic E-state index is 10.3. The van der Waals surface area contributed by atoms with Gasteiger partial charge in [-0.15, -0.1) is 0 Å². The molecule has 1 rings (SSSR count). The van der Waals surface area contributed by atoms with Crippen LogP contribution in [-0.2, 0) is 14.3 Å². The smallest absolute Gasteiger partial charge is 0.306 e. The Balaban J connectivity index is 2.42. The van der Waals surface area contributed by atoms with E-state index in [1.54, 1.807) is 13.8 Å². The van der Waals surface area contributed by atoms with Crippen LogP contribution in [0.25, 0.3) is 0 Å². The fraction of sp³-hybridized carbons (Fsp3) is 0.875. The number of carboxylic acid groups (broad SMARTS) is 1. The molecule has 0 saturated carbocycles. The van der Waals surface area contributed by atoms with E-state index in [9.17, 15) is 9.90 Å². The second-order valence-electron chi connectivity index (χ2n) is 3.53. The normalized spacial score (nSPS) is 28.7.